The van der Waals surface area contributed by atoms with Crippen LogP contribution in [0.25, 0.3) is 0 Å². The summed E-state index contributed by atoms with van der Waals surface area (Å²) in [5, 5.41) is 0. The summed E-state index contributed by atoms with van der Waals surface area (Å²) in [5.41, 5.74) is 0.218. The van der Waals surface area contributed by atoms with Crippen LogP contribution >= 0.6 is 0 Å². The van der Waals surface area contributed by atoms with Gasteiger partial charge in [0.2, 0.25) is 23.1 Å². The predicted molar refractivity (Wildman–Crippen MR) is 182 cm³/mol. The minimum Gasteiger partial charge on any atom is -0.463 e. The molecule has 0 unspecified atom stereocenters. The van der Waals surface area contributed by atoms with E-state index in [1.54, 1.807) is 0 Å². The van der Waals surface area contributed by atoms with Crippen LogP contribution in [0.5, 0.6) is 11.5 Å². The molecule has 3 rings (SSSR count). The lowest BCUT2D eigenvalue weighted by Gasteiger charge is -2.26. The zero-order valence-corrected chi connectivity index (χ0v) is 28.5. The second-order valence-corrected chi connectivity index (χ2v) is 11.5. The number of carbonyl (C=O) groups excluding carboxylic acids is 8. The second kappa shape index (κ2) is 21.3. The summed E-state index contributed by atoms with van der Waals surface area (Å²) in [5.74, 6) is -4.71. The maximum atomic E-state index is 13.0. The normalized spacial score (nSPS) is 14.8. The van der Waals surface area contributed by atoms with Crippen LogP contribution in [-0.2, 0) is 38.1 Å². The number of Topliss-reactive ketones (excluding diaryl/α,β-unsaturated/α-hetero) is 4. The summed E-state index contributed by atoms with van der Waals surface area (Å²) in [6, 6.07) is 10.9. The molecule has 0 N–H and O–H groups in total. The fourth-order valence-corrected chi connectivity index (χ4v) is 5.06. The number of hydrogen-bond donors (Lipinski definition) is 0. The number of carbonyl (C=O) groups is 8. The van der Waals surface area contributed by atoms with E-state index in [1.807, 2.05) is 0 Å². The highest BCUT2D eigenvalue weighted by Crippen LogP contribution is 2.32. The van der Waals surface area contributed by atoms with Gasteiger partial charge in [-0.2, -0.15) is 0 Å². The van der Waals surface area contributed by atoms with Gasteiger partial charge in [0.25, 0.3) is 0 Å². The quantitative estimate of drug-likeness (QED) is 0.0305. The van der Waals surface area contributed by atoms with E-state index in [0.29, 0.717) is 25.7 Å². The minimum atomic E-state index is -0.956. The van der Waals surface area contributed by atoms with Crippen molar-refractivity contribution in [1.82, 2.24) is 0 Å². The van der Waals surface area contributed by atoms with E-state index in [-0.39, 0.29) is 74.7 Å². The van der Waals surface area contributed by atoms with Crippen LogP contribution in [0.1, 0.15) is 72.1 Å². The lowest BCUT2D eigenvalue weighted by atomic mass is 9.76. The van der Waals surface area contributed by atoms with Crippen LogP contribution in [0.4, 0.5) is 9.59 Å². The van der Waals surface area contributed by atoms with Crippen LogP contribution in [0.3, 0.4) is 0 Å². The van der Waals surface area contributed by atoms with E-state index < -0.39 is 59.2 Å². The molecule has 0 heterocycles. The fourth-order valence-electron chi connectivity index (χ4n) is 5.06. The fraction of sp³-hybridized carbons (Fsp3) is 0.368. The van der Waals surface area contributed by atoms with Crippen LogP contribution in [0.15, 0.2) is 73.8 Å². The Kier molecular flexibility index (Phi) is 16.6. The summed E-state index contributed by atoms with van der Waals surface area (Å²) < 4.78 is 29.7. The van der Waals surface area contributed by atoms with E-state index in [0.717, 1.165) is 12.2 Å². The van der Waals surface area contributed by atoms with Crippen molar-refractivity contribution in [3.63, 3.8) is 0 Å². The highest BCUT2D eigenvalue weighted by Gasteiger charge is 2.35. The third-order valence-electron chi connectivity index (χ3n) is 7.89. The molecule has 14 heteroatoms. The Labute approximate surface area is 300 Å². The first-order valence-electron chi connectivity index (χ1n) is 16.7. The van der Waals surface area contributed by atoms with Crippen molar-refractivity contribution >= 4 is 47.4 Å². The maximum absolute atomic E-state index is 13.0. The first kappa shape index (κ1) is 40.5. The molecule has 0 saturated heterocycles. The van der Waals surface area contributed by atoms with Gasteiger partial charge < -0.3 is 28.4 Å². The molecule has 1 fully saturated rings. The maximum Gasteiger partial charge on any atom is 0.513 e. The van der Waals surface area contributed by atoms with E-state index in [9.17, 15) is 38.4 Å². The molecule has 2 aromatic rings. The molecule has 276 valence electrons. The van der Waals surface area contributed by atoms with Gasteiger partial charge in [-0.1, -0.05) is 13.2 Å². The van der Waals surface area contributed by atoms with Crippen molar-refractivity contribution in [1.29, 1.82) is 0 Å². The third-order valence-corrected chi connectivity index (χ3v) is 7.89. The van der Waals surface area contributed by atoms with Gasteiger partial charge in [0.1, 0.15) is 11.5 Å². The van der Waals surface area contributed by atoms with Crippen molar-refractivity contribution in [3.8, 4) is 11.5 Å². The van der Waals surface area contributed by atoms with Crippen molar-refractivity contribution in [2.75, 3.05) is 26.4 Å². The zero-order valence-electron chi connectivity index (χ0n) is 28.5. The van der Waals surface area contributed by atoms with E-state index in [1.165, 1.54) is 48.5 Å². The lowest BCUT2D eigenvalue weighted by molar-refractivity contribution is -0.138. The van der Waals surface area contributed by atoms with Crippen molar-refractivity contribution in [3.05, 3.63) is 85.0 Å². The minimum absolute atomic E-state index is 0.0440. The Balaban J connectivity index is 1.37. The molecule has 0 amide bonds. The third kappa shape index (κ3) is 13.4. The van der Waals surface area contributed by atoms with Crippen LogP contribution in [0.2, 0.25) is 0 Å². The molecule has 52 heavy (non-hydrogen) atoms. The van der Waals surface area contributed by atoms with Gasteiger partial charge in [-0.3, -0.25) is 19.2 Å². The summed E-state index contributed by atoms with van der Waals surface area (Å²) in [7, 11) is 0. The Hall–Kier alpha value is -5.92. The highest BCUT2D eigenvalue weighted by atomic mass is 16.7. The number of unbranched alkanes of at least 4 members (excludes halogenated alkanes) is 2. The number of ketones is 4. The molecule has 0 radical (unpaired) electrons. The number of ether oxygens (including phenoxy) is 6. The van der Waals surface area contributed by atoms with Gasteiger partial charge in [0.05, 0.1) is 26.4 Å². The van der Waals surface area contributed by atoms with Gasteiger partial charge in [0, 0.05) is 35.1 Å². The van der Waals surface area contributed by atoms with Gasteiger partial charge in [-0.05, 0) is 99.9 Å². The van der Waals surface area contributed by atoms with Crippen LogP contribution in [-0.4, -0.2) is 73.8 Å². The highest BCUT2D eigenvalue weighted by molar-refractivity contribution is 6.45. The Morgan fingerprint density at radius 1 is 0.500 bits per heavy atom. The second-order valence-electron chi connectivity index (χ2n) is 11.5. The molecule has 0 aliphatic heterocycles. The smallest absolute Gasteiger partial charge is 0.463 e. The number of benzene rings is 2. The molecule has 14 nitrogen and oxygen atoms in total. The summed E-state index contributed by atoms with van der Waals surface area (Å²) >= 11 is 0. The average molecular weight is 721 g/mol. The summed E-state index contributed by atoms with van der Waals surface area (Å²) in [6.07, 6.45) is 3.05. The summed E-state index contributed by atoms with van der Waals surface area (Å²) in [4.78, 5) is 97.5. The van der Waals surface area contributed by atoms with E-state index in [2.05, 4.69) is 13.2 Å². The number of hydrogen-bond acceptors (Lipinski definition) is 14. The molecular formula is C38H40O14. The van der Waals surface area contributed by atoms with Crippen LogP contribution in [0, 0.1) is 11.8 Å². The van der Waals surface area contributed by atoms with Gasteiger partial charge in [-0.25, -0.2) is 19.2 Å². The first-order chi connectivity index (χ1) is 25.0. The van der Waals surface area contributed by atoms with Crippen LogP contribution < -0.4 is 9.47 Å². The van der Waals surface area contributed by atoms with E-state index in [4.69, 9.17) is 28.4 Å². The van der Waals surface area contributed by atoms with Crippen molar-refractivity contribution < 1.29 is 66.8 Å². The molecule has 0 bridgehead atoms. The van der Waals surface area contributed by atoms with Gasteiger partial charge in [0.15, 0.2) is 0 Å². The molecule has 0 aromatic heterocycles. The number of esters is 2. The largest absolute Gasteiger partial charge is 0.513 e. The van der Waals surface area contributed by atoms with Crippen molar-refractivity contribution in [2.45, 2.75) is 51.4 Å². The molecule has 0 spiro atoms. The van der Waals surface area contributed by atoms with Gasteiger partial charge in [-0.15, -0.1) is 0 Å². The Morgan fingerprint density at radius 3 is 1.12 bits per heavy atom. The lowest BCUT2D eigenvalue weighted by Crippen LogP contribution is -2.32. The molecule has 2 aromatic carbocycles. The molecule has 1 aliphatic rings. The molecule has 0 atom stereocenters. The first-order valence-corrected chi connectivity index (χ1v) is 16.7. The molecular weight excluding hydrogens is 680 g/mol. The average Bonchev–Trinajstić information content (AvgIpc) is 3.16. The molecule has 1 aliphatic carbocycles. The summed E-state index contributed by atoms with van der Waals surface area (Å²) in [6.45, 7) is 6.99. The van der Waals surface area contributed by atoms with Gasteiger partial charge >= 0.3 is 24.2 Å². The Bertz CT molecular complexity index is 1490. The van der Waals surface area contributed by atoms with E-state index >= 15 is 0 Å². The van der Waals surface area contributed by atoms with Crippen molar-refractivity contribution in [2.24, 2.45) is 11.8 Å². The topological polar surface area (TPSA) is 192 Å². The molecule has 1 saturated carbocycles. The number of rotatable bonds is 20. The predicted octanol–water partition coefficient (Wildman–Crippen LogP) is 5.75. The SMILES string of the molecule is C=CC(=O)OCCCCOC(=O)Oc1ccc(C(=O)C(=O)[C@H]2CC[C@H](C(=O)C(=O)c3ccc(OC(=O)OCCCCOC(=O)C=C)cc3)CC2)cc1. The Morgan fingerprint density at radius 2 is 0.808 bits per heavy atom. The zero-order chi connectivity index (χ0) is 37.9. The monoisotopic (exact) mass is 720 g/mol. The standard InChI is InChI=1S/C38H40O14/c1-3-31(39)47-21-5-7-23-49-37(45)51-29-17-13-27(14-18-29)35(43)33(41)25-9-11-26(12-10-25)34(42)36(44)28-15-19-30(20-16-28)52-38(46)50-24-8-6-22-48-32(40)4-2/h3-4,13-20,25-26H,1-2,5-12,21-24H2/t25-,26-.